The van der Waals surface area contributed by atoms with Crippen LogP contribution >= 0.6 is 11.6 Å². The van der Waals surface area contributed by atoms with Crippen molar-refractivity contribution in [1.82, 2.24) is 26.2 Å². The average molecular weight is 534 g/mol. The third-order valence-electron chi connectivity index (χ3n) is 6.40. The van der Waals surface area contributed by atoms with Crippen LogP contribution < -0.4 is 21.3 Å². The molecule has 0 aliphatic carbocycles. The Hall–Kier alpha value is -3.44. The molecule has 0 aromatic heterocycles. The van der Waals surface area contributed by atoms with Gasteiger partial charge in [-0.15, -0.1) is 0 Å². The van der Waals surface area contributed by atoms with Crippen LogP contribution in [0.2, 0.25) is 0 Å². The van der Waals surface area contributed by atoms with Crippen LogP contribution in [0.5, 0.6) is 0 Å². The van der Waals surface area contributed by atoms with Crippen LogP contribution in [0.4, 0.5) is 0 Å². The first-order valence-corrected chi connectivity index (χ1v) is 12.6. The summed E-state index contributed by atoms with van der Waals surface area (Å²) in [5.41, 5.74) is 0.624. The fraction of sp³-hybridized carbons (Fsp3) is 0.480. The molecule has 2 heterocycles. The van der Waals surface area contributed by atoms with E-state index in [-0.39, 0.29) is 30.8 Å². The van der Waals surface area contributed by atoms with E-state index in [1.54, 1.807) is 44.2 Å². The number of hydrogen-bond acceptors (Lipinski definition) is 6. The molecule has 0 radical (unpaired) electrons. The summed E-state index contributed by atoms with van der Waals surface area (Å²) < 4.78 is 0. The summed E-state index contributed by atoms with van der Waals surface area (Å²) in [4.78, 5) is 66.5. The lowest BCUT2D eigenvalue weighted by Gasteiger charge is -2.31. The summed E-state index contributed by atoms with van der Waals surface area (Å²) >= 11 is 6.28. The van der Waals surface area contributed by atoms with Crippen molar-refractivity contribution in [1.29, 1.82) is 0 Å². The molecule has 1 saturated heterocycles. The summed E-state index contributed by atoms with van der Waals surface area (Å²) in [6.45, 7) is 2.69. The van der Waals surface area contributed by atoms with Gasteiger partial charge >= 0.3 is 0 Å². The molecule has 0 saturated carbocycles. The van der Waals surface area contributed by atoms with Crippen molar-refractivity contribution in [2.24, 2.45) is 0 Å². The first kappa shape index (κ1) is 28.1. The predicted molar refractivity (Wildman–Crippen MR) is 135 cm³/mol. The number of nitrogens with one attached hydrogen (secondary N) is 4. The molecule has 0 spiro atoms. The number of benzene rings is 1. The van der Waals surface area contributed by atoms with E-state index < -0.39 is 66.4 Å². The highest BCUT2D eigenvalue weighted by atomic mass is 35.5. The normalized spacial score (nSPS) is 28.0. The van der Waals surface area contributed by atoms with E-state index in [9.17, 15) is 29.1 Å². The van der Waals surface area contributed by atoms with Gasteiger partial charge < -0.3 is 26.4 Å². The minimum Gasteiger partial charge on any atom is -0.394 e. The van der Waals surface area contributed by atoms with Crippen LogP contribution in [0.3, 0.4) is 0 Å². The number of halogens is 1. The zero-order chi connectivity index (χ0) is 27.1. The standard InChI is InChI=1S/C25H32ClN5O6/c1-3-15-22(34)30-18(13-32)23(35)29-17(14-8-6-5-7-9-14)12-21(33)27-16(4-2)25(37)31-19(24(36)28-15)10-11-20(31)26/h5-9,11,15-19,32H,3-4,10,12-13H2,1-2H3,(H,27,33)(H,28,36)(H,29,35)(H,30,34)/t15-,16-,17+,18-,19-/m0/s1. The Morgan fingerprint density at radius 3 is 2.11 bits per heavy atom. The second-order valence-corrected chi connectivity index (χ2v) is 9.29. The van der Waals surface area contributed by atoms with Gasteiger partial charge in [0.05, 0.1) is 19.1 Å². The maximum atomic E-state index is 13.4. The van der Waals surface area contributed by atoms with Crippen molar-refractivity contribution in [2.45, 2.75) is 69.7 Å². The zero-order valence-electron chi connectivity index (χ0n) is 20.7. The van der Waals surface area contributed by atoms with Gasteiger partial charge in [-0.2, -0.15) is 0 Å². The second kappa shape index (κ2) is 12.7. The smallest absolute Gasteiger partial charge is 0.250 e. The zero-order valence-corrected chi connectivity index (χ0v) is 21.5. The number of aliphatic hydroxyl groups excluding tert-OH is 1. The van der Waals surface area contributed by atoms with Gasteiger partial charge in [-0.1, -0.05) is 55.8 Å². The van der Waals surface area contributed by atoms with E-state index in [4.69, 9.17) is 11.6 Å². The Morgan fingerprint density at radius 2 is 1.49 bits per heavy atom. The Morgan fingerprint density at radius 1 is 0.865 bits per heavy atom. The van der Waals surface area contributed by atoms with Gasteiger partial charge in [0.25, 0.3) is 5.91 Å². The van der Waals surface area contributed by atoms with Crippen molar-refractivity contribution in [2.75, 3.05) is 6.61 Å². The molecule has 1 aromatic rings. The van der Waals surface area contributed by atoms with Gasteiger partial charge in [0.1, 0.15) is 29.3 Å². The molecule has 3 rings (SSSR count). The summed E-state index contributed by atoms with van der Waals surface area (Å²) in [6, 6.07) is 3.62. The van der Waals surface area contributed by atoms with Gasteiger partial charge in [-0.25, -0.2) is 0 Å². The van der Waals surface area contributed by atoms with Crippen LogP contribution in [-0.4, -0.2) is 70.3 Å². The summed E-state index contributed by atoms with van der Waals surface area (Å²) in [6.07, 6.45) is 1.88. The highest BCUT2D eigenvalue weighted by Crippen LogP contribution is 2.27. The van der Waals surface area contributed by atoms with Gasteiger partial charge in [-0.3, -0.25) is 28.9 Å². The molecule has 5 N–H and O–H groups in total. The fourth-order valence-electron chi connectivity index (χ4n) is 4.29. The topological polar surface area (TPSA) is 157 Å². The van der Waals surface area contributed by atoms with E-state index in [1.807, 2.05) is 0 Å². The Labute approximate surface area is 220 Å². The number of fused-ring (bicyclic) bond motifs is 1. The van der Waals surface area contributed by atoms with Crippen molar-refractivity contribution in [3.05, 3.63) is 47.1 Å². The Bertz CT molecular complexity index is 1060. The molecule has 200 valence electrons. The lowest BCUT2D eigenvalue weighted by Crippen LogP contribution is -2.58. The molecule has 2 aliphatic rings. The maximum absolute atomic E-state index is 13.4. The van der Waals surface area contributed by atoms with E-state index in [0.717, 1.165) is 4.90 Å². The predicted octanol–water partition coefficient (Wildman–Crippen LogP) is 0.195. The number of aliphatic hydroxyl groups is 1. The van der Waals surface area contributed by atoms with Gasteiger partial charge in [0, 0.05) is 0 Å². The number of carbonyl (C=O) groups is 5. The molecule has 0 unspecified atom stereocenters. The van der Waals surface area contributed by atoms with Crippen LogP contribution in [-0.2, 0) is 24.0 Å². The molecule has 11 nitrogen and oxygen atoms in total. The van der Waals surface area contributed by atoms with Gasteiger partial charge in [0.2, 0.25) is 23.6 Å². The van der Waals surface area contributed by atoms with Gasteiger partial charge in [0.15, 0.2) is 0 Å². The number of amides is 5. The molecule has 12 heteroatoms. The van der Waals surface area contributed by atoms with Crippen molar-refractivity contribution in [3.63, 3.8) is 0 Å². The van der Waals surface area contributed by atoms with Gasteiger partial charge in [-0.05, 0) is 30.9 Å². The number of carbonyl (C=O) groups excluding carboxylic acids is 5. The number of rotatable bonds is 4. The third-order valence-corrected chi connectivity index (χ3v) is 6.73. The maximum Gasteiger partial charge on any atom is 0.250 e. The number of nitrogens with zero attached hydrogens (tertiary/aromatic N) is 1. The first-order valence-electron chi connectivity index (χ1n) is 12.2. The lowest BCUT2D eigenvalue weighted by molar-refractivity contribution is -0.141. The molecule has 2 aliphatic heterocycles. The Kier molecular flexibility index (Phi) is 9.65. The highest BCUT2D eigenvalue weighted by molar-refractivity contribution is 6.31. The van der Waals surface area contributed by atoms with Crippen molar-refractivity contribution in [3.8, 4) is 0 Å². The molecule has 1 aromatic carbocycles. The van der Waals surface area contributed by atoms with Crippen LogP contribution in [0, 0.1) is 0 Å². The minimum atomic E-state index is -1.32. The van der Waals surface area contributed by atoms with Crippen LogP contribution in [0.25, 0.3) is 0 Å². The van der Waals surface area contributed by atoms with Crippen molar-refractivity contribution >= 4 is 41.1 Å². The minimum absolute atomic E-state index is 0.0613. The highest BCUT2D eigenvalue weighted by Gasteiger charge is 2.40. The van der Waals surface area contributed by atoms with Crippen LogP contribution in [0.15, 0.2) is 41.6 Å². The molecule has 1 fully saturated rings. The summed E-state index contributed by atoms with van der Waals surface area (Å²) in [7, 11) is 0. The fourth-order valence-corrected chi connectivity index (χ4v) is 4.58. The number of hydrogen-bond donors (Lipinski definition) is 5. The Balaban J connectivity index is 1.98. The molecular weight excluding hydrogens is 502 g/mol. The van der Waals surface area contributed by atoms with E-state index >= 15 is 0 Å². The molecular formula is C25H32ClN5O6. The molecule has 0 bridgehead atoms. The average Bonchev–Trinajstić information content (AvgIpc) is 3.29. The molecule has 37 heavy (non-hydrogen) atoms. The second-order valence-electron chi connectivity index (χ2n) is 8.90. The summed E-state index contributed by atoms with van der Waals surface area (Å²) in [5, 5.41) is 20.4. The van der Waals surface area contributed by atoms with Crippen molar-refractivity contribution < 1.29 is 29.1 Å². The largest absolute Gasteiger partial charge is 0.394 e. The van der Waals surface area contributed by atoms with E-state index in [1.165, 1.54) is 6.08 Å². The van der Waals surface area contributed by atoms with E-state index in [0.29, 0.717) is 5.56 Å². The summed E-state index contributed by atoms with van der Waals surface area (Å²) in [5.74, 6) is -3.05. The lowest BCUT2D eigenvalue weighted by atomic mass is 10.0. The monoisotopic (exact) mass is 533 g/mol. The quantitative estimate of drug-likeness (QED) is 0.348. The molecule has 5 amide bonds. The first-order chi connectivity index (χ1) is 17.7. The van der Waals surface area contributed by atoms with E-state index in [2.05, 4.69) is 21.3 Å². The molecule has 5 atom stereocenters. The van der Waals surface area contributed by atoms with Crippen LogP contribution in [0.1, 0.15) is 51.1 Å². The SMILES string of the molecule is CC[C@@H]1NC(=O)[C@@H]2CC=C(Cl)N2C(=O)[C@H](CC)NC(=O)C[C@H](c2ccccc2)NC(=O)[C@H](CO)NC1=O. The third kappa shape index (κ3) is 6.66.